The molecule has 0 aromatic rings. The van der Waals surface area contributed by atoms with E-state index >= 15 is 0 Å². The Kier molecular flexibility index (Phi) is 1.39. The lowest BCUT2D eigenvalue weighted by molar-refractivity contribution is -0.122. The third-order valence-electron chi connectivity index (χ3n) is 1.83. The molecule has 2 nitrogen and oxygen atoms in total. The predicted octanol–water partition coefficient (Wildman–Crippen LogP) is 0.800. The average molecular weight is 126 g/mol. The second kappa shape index (κ2) is 1.94. The Balaban J connectivity index is 2.42. The van der Waals surface area contributed by atoms with Crippen LogP contribution in [0.15, 0.2) is 0 Å². The van der Waals surface area contributed by atoms with Gasteiger partial charge in [0.25, 0.3) is 0 Å². The molecule has 9 heavy (non-hydrogen) atoms. The van der Waals surface area contributed by atoms with Crippen molar-refractivity contribution in [1.29, 1.82) is 0 Å². The Morgan fingerprint density at radius 1 is 1.11 bits per heavy atom. The minimum atomic E-state index is 0.0718. The van der Waals surface area contributed by atoms with Gasteiger partial charge in [-0.2, -0.15) is 0 Å². The molecule has 2 atom stereocenters. The fraction of sp³-hybridized carbons (Fsp3) is 0.714. The maximum absolute atomic E-state index is 10.6. The lowest BCUT2D eigenvalue weighted by Crippen LogP contribution is -2.01. The van der Waals surface area contributed by atoms with Crippen LogP contribution in [0.5, 0.6) is 0 Å². The van der Waals surface area contributed by atoms with Gasteiger partial charge in [-0.15, -0.1) is 0 Å². The first-order chi connectivity index (χ1) is 4.13. The molecule has 1 saturated carbocycles. The molecule has 1 rings (SSSR count). The van der Waals surface area contributed by atoms with Crippen LogP contribution in [-0.4, -0.2) is 11.6 Å². The van der Waals surface area contributed by atoms with Crippen molar-refractivity contribution in [2.45, 2.75) is 20.3 Å². The molecule has 1 aliphatic carbocycles. The monoisotopic (exact) mass is 126 g/mol. The van der Waals surface area contributed by atoms with Crippen LogP contribution in [0.4, 0.5) is 0 Å². The summed E-state index contributed by atoms with van der Waals surface area (Å²) in [5.41, 5.74) is 0. The molecule has 0 saturated heterocycles. The molecule has 50 valence electrons. The van der Waals surface area contributed by atoms with Crippen LogP contribution in [0.2, 0.25) is 0 Å². The Bertz CT molecular complexity index is 142. The summed E-state index contributed by atoms with van der Waals surface area (Å²) in [6.45, 7) is 3.10. The lowest BCUT2D eigenvalue weighted by Gasteiger charge is -1.86. The van der Waals surface area contributed by atoms with E-state index in [1.165, 1.54) is 0 Å². The summed E-state index contributed by atoms with van der Waals surface area (Å²) in [7, 11) is 0. The van der Waals surface area contributed by atoms with Crippen LogP contribution in [0.1, 0.15) is 20.3 Å². The summed E-state index contributed by atoms with van der Waals surface area (Å²) < 4.78 is 0. The van der Waals surface area contributed by atoms with Crippen molar-refractivity contribution in [2.75, 3.05) is 0 Å². The van der Waals surface area contributed by atoms with Crippen molar-refractivity contribution in [2.24, 2.45) is 11.8 Å². The highest BCUT2D eigenvalue weighted by atomic mass is 16.1. The molecule has 1 aliphatic rings. The van der Waals surface area contributed by atoms with E-state index in [2.05, 4.69) is 0 Å². The van der Waals surface area contributed by atoms with Crippen LogP contribution in [-0.2, 0) is 9.59 Å². The highest BCUT2D eigenvalue weighted by Crippen LogP contribution is 2.39. The third kappa shape index (κ3) is 1.18. The smallest absolute Gasteiger partial charge is 0.133 e. The zero-order valence-electron chi connectivity index (χ0n) is 5.68. The van der Waals surface area contributed by atoms with E-state index in [0.29, 0.717) is 0 Å². The Labute approximate surface area is 54.2 Å². The van der Waals surface area contributed by atoms with Crippen molar-refractivity contribution >= 4 is 11.6 Å². The maximum atomic E-state index is 10.6. The molecule has 0 aromatic heterocycles. The lowest BCUT2D eigenvalue weighted by atomic mass is 10.2. The summed E-state index contributed by atoms with van der Waals surface area (Å²) in [6.07, 6.45) is 0.796. The third-order valence-corrected chi connectivity index (χ3v) is 1.83. The fourth-order valence-corrected chi connectivity index (χ4v) is 1.09. The van der Waals surface area contributed by atoms with Gasteiger partial charge < -0.3 is 0 Å². The quantitative estimate of drug-likeness (QED) is 0.548. The zero-order valence-corrected chi connectivity index (χ0v) is 5.68. The van der Waals surface area contributed by atoms with Crippen LogP contribution < -0.4 is 0 Å². The van der Waals surface area contributed by atoms with Crippen LogP contribution >= 0.6 is 0 Å². The van der Waals surface area contributed by atoms with Gasteiger partial charge in [-0.25, -0.2) is 0 Å². The molecule has 0 bridgehead atoms. The van der Waals surface area contributed by atoms with E-state index < -0.39 is 0 Å². The van der Waals surface area contributed by atoms with Crippen LogP contribution in [0.25, 0.3) is 0 Å². The van der Waals surface area contributed by atoms with Gasteiger partial charge in [-0.1, -0.05) is 0 Å². The second-order valence-corrected chi connectivity index (χ2v) is 2.67. The highest BCUT2D eigenvalue weighted by molar-refractivity contribution is 5.92. The number of ketones is 2. The molecule has 0 aromatic carbocycles. The minimum absolute atomic E-state index is 0.0718. The summed E-state index contributed by atoms with van der Waals surface area (Å²) in [6, 6.07) is 0. The number of carbonyl (C=O) groups excluding carboxylic acids is 2. The molecule has 0 N–H and O–H groups in total. The fourth-order valence-electron chi connectivity index (χ4n) is 1.09. The standard InChI is InChI=1S/C7H10O2/c1-4(8)6-3-7(6)5(2)9/h6-7H,3H2,1-2H3/t6-,7-/m1/s1. The number of hydrogen-bond donors (Lipinski definition) is 0. The van der Waals surface area contributed by atoms with Crippen molar-refractivity contribution < 1.29 is 9.59 Å². The van der Waals surface area contributed by atoms with Crippen molar-refractivity contribution in [3.05, 3.63) is 0 Å². The average Bonchev–Trinajstić information content (AvgIpc) is 2.39. The summed E-state index contributed by atoms with van der Waals surface area (Å²) in [4.78, 5) is 21.1. The second-order valence-electron chi connectivity index (χ2n) is 2.67. The molecule has 1 fully saturated rings. The van der Waals surface area contributed by atoms with E-state index in [-0.39, 0.29) is 23.4 Å². The normalized spacial score (nSPS) is 31.8. The van der Waals surface area contributed by atoms with Crippen molar-refractivity contribution in [3.8, 4) is 0 Å². The van der Waals surface area contributed by atoms with Gasteiger partial charge in [0, 0.05) is 11.8 Å². The highest BCUT2D eigenvalue weighted by Gasteiger charge is 2.43. The predicted molar refractivity (Wildman–Crippen MR) is 33.0 cm³/mol. The summed E-state index contributed by atoms with van der Waals surface area (Å²) in [5.74, 6) is 0.468. The van der Waals surface area contributed by atoms with E-state index in [0.717, 1.165) is 6.42 Å². The molecule has 0 radical (unpaired) electrons. The first-order valence-electron chi connectivity index (χ1n) is 3.14. The molecular formula is C7H10O2. The van der Waals surface area contributed by atoms with E-state index in [9.17, 15) is 9.59 Å². The summed E-state index contributed by atoms with van der Waals surface area (Å²) in [5, 5.41) is 0. The van der Waals surface area contributed by atoms with Gasteiger partial charge in [-0.05, 0) is 20.3 Å². The van der Waals surface area contributed by atoms with Gasteiger partial charge in [0.15, 0.2) is 0 Å². The van der Waals surface area contributed by atoms with E-state index in [1.807, 2.05) is 0 Å². The Morgan fingerprint density at radius 3 is 1.56 bits per heavy atom. The molecule has 0 unspecified atom stereocenters. The van der Waals surface area contributed by atoms with Gasteiger partial charge in [0.1, 0.15) is 11.6 Å². The first-order valence-corrected chi connectivity index (χ1v) is 3.14. The minimum Gasteiger partial charge on any atom is -0.300 e. The maximum Gasteiger partial charge on any atom is 0.133 e. The van der Waals surface area contributed by atoms with E-state index in [4.69, 9.17) is 0 Å². The molecule has 0 amide bonds. The number of Topliss-reactive ketones (excluding diaryl/α,β-unsaturated/α-hetero) is 2. The van der Waals surface area contributed by atoms with E-state index in [1.54, 1.807) is 13.8 Å². The SMILES string of the molecule is CC(=O)[C@H]1C[C@@H]1C(C)=O. The summed E-state index contributed by atoms with van der Waals surface area (Å²) >= 11 is 0. The first kappa shape index (κ1) is 6.46. The molecular weight excluding hydrogens is 116 g/mol. The zero-order chi connectivity index (χ0) is 7.02. The number of rotatable bonds is 2. The van der Waals surface area contributed by atoms with Gasteiger partial charge in [0.05, 0.1) is 0 Å². The molecule has 0 aliphatic heterocycles. The molecule has 0 spiro atoms. The number of hydrogen-bond acceptors (Lipinski definition) is 2. The van der Waals surface area contributed by atoms with Gasteiger partial charge >= 0.3 is 0 Å². The van der Waals surface area contributed by atoms with Gasteiger partial charge in [0.2, 0.25) is 0 Å². The van der Waals surface area contributed by atoms with Gasteiger partial charge in [-0.3, -0.25) is 9.59 Å². The number of carbonyl (C=O) groups is 2. The molecule has 0 heterocycles. The van der Waals surface area contributed by atoms with Crippen LogP contribution in [0, 0.1) is 11.8 Å². The van der Waals surface area contributed by atoms with Crippen molar-refractivity contribution in [3.63, 3.8) is 0 Å². The van der Waals surface area contributed by atoms with Crippen molar-refractivity contribution in [1.82, 2.24) is 0 Å². The Hall–Kier alpha value is -0.660. The largest absolute Gasteiger partial charge is 0.300 e. The molecule has 2 heteroatoms. The Morgan fingerprint density at radius 2 is 1.44 bits per heavy atom. The van der Waals surface area contributed by atoms with Crippen LogP contribution in [0.3, 0.4) is 0 Å². The topological polar surface area (TPSA) is 34.1 Å².